The lowest BCUT2D eigenvalue weighted by molar-refractivity contribution is 0.170. The number of halogens is 1. The molecule has 1 heterocycles. The Morgan fingerprint density at radius 3 is 2.73 bits per heavy atom. The van der Waals surface area contributed by atoms with Gasteiger partial charge in [0.1, 0.15) is 12.4 Å². The van der Waals surface area contributed by atoms with Gasteiger partial charge in [0.15, 0.2) is 12.2 Å². The van der Waals surface area contributed by atoms with Gasteiger partial charge in [0.05, 0.1) is 6.54 Å². The van der Waals surface area contributed by atoms with Crippen molar-refractivity contribution in [3.8, 4) is 5.75 Å². The quantitative estimate of drug-likeness (QED) is 0.606. The highest BCUT2D eigenvalue weighted by Gasteiger charge is 2.23. The van der Waals surface area contributed by atoms with E-state index in [1.54, 1.807) is 24.3 Å². The smallest absolute Gasteiger partial charge is 0.422 e. The molecule has 1 aliphatic rings. The lowest BCUT2D eigenvalue weighted by Gasteiger charge is -2.10. The Morgan fingerprint density at radius 1 is 1.40 bits per heavy atom. The molecule has 2 rings (SSSR count). The van der Waals surface area contributed by atoms with Gasteiger partial charge in [-0.05, 0) is 24.3 Å². The average molecular weight is 246 g/mol. The van der Waals surface area contributed by atoms with Gasteiger partial charge in [-0.15, -0.1) is 0 Å². The highest BCUT2D eigenvalue weighted by molar-refractivity contribution is 7.93. The van der Waals surface area contributed by atoms with Crippen LogP contribution >= 0.6 is 23.8 Å². The number of benzene rings is 1. The van der Waals surface area contributed by atoms with Crippen LogP contribution in [0.15, 0.2) is 24.3 Å². The molecule has 6 heteroatoms. The number of rotatable bonds is 3. The van der Waals surface area contributed by atoms with E-state index >= 15 is 0 Å². The number of carbonyl (C=O) groups excluding carboxylic acids is 1. The van der Waals surface area contributed by atoms with Gasteiger partial charge in [-0.3, -0.25) is 0 Å². The minimum absolute atomic E-state index is 0.367. The summed E-state index contributed by atoms with van der Waals surface area (Å²) >= 11 is 6.68. The molecule has 1 amide bonds. The van der Waals surface area contributed by atoms with E-state index in [9.17, 15) is 4.79 Å². The molecule has 0 N–H and O–H groups in total. The van der Waals surface area contributed by atoms with E-state index < -0.39 is 0 Å². The van der Waals surface area contributed by atoms with Gasteiger partial charge >= 0.3 is 6.09 Å². The Hall–Kier alpha value is -1.07. The van der Waals surface area contributed by atoms with E-state index in [0.29, 0.717) is 23.9 Å². The van der Waals surface area contributed by atoms with Crippen molar-refractivity contribution in [3.05, 3.63) is 29.3 Å². The third-order valence-corrected chi connectivity index (χ3v) is 2.79. The molecule has 0 aromatic heterocycles. The summed E-state index contributed by atoms with van der Waals surface area (Å²) in [7, 11) is 0. The van der Waals surface area contributed by atoms with Crippen LogP contribution in [0.4, 0.5) is 4.79 Å². The number of amides is 1. The first kappa shape index (κ1) is 10.4. The molecule has 0 spiro atoms. The predicted molar refractivity (Wildman–Crippen MR) is 57.7 cm³/mol. The van der Waals surface area contributed by atoms with Gasteiger partial charge in [0, 0.05) is 5.02 Å². The maximum absolute atomic E-state index is 11.0. The van der Waals surface area contributed by atoms with Gasteiger partial charge in [-0.2, -0.15) is 0 Å². The Labute approximate surface area is 96.4 Å². The SMILES string of the molecule is O=C1OCCN1SOc1ccc(Cl)cc1. The van der Waals surface area contributed by atoms with Crippen molar-refractivity contribution in [2.75, 3.05) is 13.2 Å². The van der Waals surface area contributed by atoms with Crippen LogP contribution in [0.2, 0.25) is 5.02 Å². The van der Waals surface area contributed by atoms with Crippen LogP contribution in [0.5, 0.6) is 5.75 Å². The predicted octanol–water partition coefficient (Wildman–Crippen LogP) is 2.73. The molecule has 1 aliphatic heterocycles. The van der Waals surface area contributed by atoms with Crippen molar-refractivity contribution in [2.24, 2.45) is 0 Å². The normalized spacial score (nSPS) is 15.3. The standard InChI is InChI=1S/C9H8ClNO3S/c10-7-1-3-8(4-2-7)14-15-11-5-6-13-9(11)12/h1-4H,5-6H2. The molecule has 4 nitrogen and oxygen atoms in total. The molecular formula is C9H8ClNO3S. The summed E-state index contributed by atoms with van der Waals surface area (Å²) in [4.78, 5) is 11.0. The van der Waals surface area contributed by atoms with E-state index in [4.69, 9.17) is 20.5 Å². The maximum atomic E-state index is 11.0. The fraction of sp³-hybridized carbons (Fsp3) is 0.222. The van der Waals surface area contributed by atoms with E-state index in [2.05, 4.69) is 0 Å². The van der Waals surface area contributed by atoms with Crippen LogP contribution in [0.1, 0.15) is 0 Å². The van der Waals surface area contributed by atoms with E-state index in [0.717, 1.165) is 12.2 Å². The molecule has 15 heavy (non-hydrogen) atoms. The van der Waals surface area contributed by atoms with Crippen LogP contribution in [0.3, 0.4) is 0 Å². The van der Waals surface area contributed by atoms with Gasteiger partial charge in [-0.25, -0.2) is 9.10 Å². The van der Waals surface area contributed by atoms with Crippen molar-refractivity contribution in [1.29, 1.82) is 0 Å². The molecule has 0 saturated carbocycles. The molecule has 0 atom stereocenters. The minimum atomic E-state index is -0.367. The first-order valence-electron chi connectivity index (χ1n) is 4.30. The largest absolute Gasteiger partial charge is 0.447 e. The number of cyclic esters (lactones) is 1. The Bertz CT molecular complexity index is 357. The first-order valence-corrected chi connectivity index (χ1v) is 5.38. The Kier molecular flexibility index (Phi) is 3.23. The van der Waals surface area contributed by atoms with Crippen molar-refractivity contribution in [2.45, 2.75) is 0 Å². The van der Waals surface area contributed by atoms with Crippen molar-refractivity contribution < 1.29 is 13.7 Å². The molecular weight excluding hydrogens is 238 g/mol. The minimum Gasteiger partial charge on any atom is -0.447 e. The summed E-state index contributed by atoms with van der Waals surface area (Å²) in [6, 6.07) is 6.91. The van der Waals surface area contributed by atoms with Crippen molar-refractivity contribution >= 4 is 29.9 Å². The van der Waals surface area contributed by atoms with Crippen molar-refractivity contribution in [3.63, 3.8) is 0 Å². The monoisotopic (exact) mass is 245 g/mol. The van der Waals surface area contributed by atoms with Crippen LogP contribution in [0.25, 0.3) is 0 Å². The molecule has 0 unspecified atom stereocenters. The number of ether oxygens (including phenoxy) is 1. The molecule has 1 saturated heterocycles. The zero-order valence-corrected chi connectivity index (χ0v) is 9.25. The van der Waals surface area contributed by atoms with Crippen LogP contribution in [0, 0.1) is 0 Å². The zero-order valence-electron chi connectivity index (χ0n) is 7.68. The molecule has 80 valence electrons. The van der Waals surface area contributed by atoms with Gasteiger partial charge in [0.2, 0.25) is 0 Å². The second kappa shape index (κ2) is 4.63. The van der Waals surface area contributed by atoms with E-state index in [-0.39, 0.29) is 6.09 Å². The summed E-state index contributed by atoms with van der Waals surface area (Å²) in [5.41, 5.74) is 0. The molecule has 1 aromatic rings. The highest BCUT2D eigenvalue weighted by atomic mass is 35.5. The van der Waals surface area contributed by atoms with Gasteiger partial charge < -0.3 is 8.92 Å². The summed E-state index contributed by atoms with van der Waals surface area (Å²) in [5.74, 6) is 0.643. The van der Waals surface area contributed by atoms with Gasteiger partial charge in [-0.1, -0.05) is 11.6 Å². The average Bonchev–Trinajstić information content (AvgIpc) is 2.63. The summed E-state index contributed by atoms with van der Waals surface area (Å²) in [5, 5.41) is 0.646. The van der Waals surface area contributed by atoms with Gasteiger partial charge in [0.25, 0.3) is 0 Å². The Morgan fingerprint density at radius 2 is 2.13 bits per heavy atom. The first-order chi connectivity index (χ1) is 7.25. The Balaban J connectivity index is 1.87. The van der Waals surface area contributed by atoms with Crippen molar-refractivity contribution in [1.82, 2.24) is 4.31 Å². The zero-order chi connectivity index (χ0) is 10.7. The fourth-order valence-corrected chi connectivity index (χ4v) is 1.70. The third-order valence-electron chi connectivity index (χ3n) is 1.76. The molecule has 1 fully saturated rings. The highest BCUT2D eigenvalue weighted by Crippen LogP contribution is 2.23. The molecule has 0 radical (unpaired) electrons. The summed E-state index contributed by atoms with van der Waals surface area (Å²) < 4.78 is 11.4. The second-order valence-corrected chi connectivity index (χ2v) is 4.02. The van der Waals surface area contributed by atoms with Crippen LogP contribution < -0.4 is 4.18 Å². The van der Waals surface area contributed by atoms with E-state index in [1.165, 1.54) is 4.31 Å². The number of hydrogen-bond donors (Lipinski definition) is 0. The topological polar surface area (TPSA) is 38.8 Å². The van der Waals surface area contributed by atoms with Crippen LogP contribution in [-0.4, -0.2) is 23.6 Å². The lowest BCUT2D eigenvalue weighted by Crippen LogP contribution is -2.16. The number of nitrogens with zero attached hydrogens (tertiary/aromatic N) is 1. The molecule has 0 aliphatic carbocycles. The number of carbonyl (C=O) groups is 1. The maximum Gasteiger partial charge on any atom is 0.422 e. The molecule has 0 bridgehead atoms. The van der Waals surface area contributed by atoms with Crippen LogP contribution in [-0.2, 0) is 4.74 Å². The molecule has 1 aromatic carbocycles. The fourth-order valence-electron chi connectivity index (χ4n) is 1.03. The second-order valence-electron chi connectivity index (χ2n) is 2.83. The summed E-state index contributed by atoms with van der Waals surface area (Å²) in [6.07, 6.45) is -0.367. The lowest BCUT2D eigenvalue weighted by atomic mass is 10.3. The number of hydrogen-bond acceptors (Lipinski definition) is 4. The van der Waals surface area contributed by atoms with E-state index in [1.807, 2.05) is 0 Å². The summed E-state index contributed by atoms with van der Waals surface area (Å²) in [6.45, 7) is 0.951. The third kappa shape index (κ3) is 2.70.